The summed E-state index contributed by atoms with van der Waals surface area (Å²) in [6, 6.07) is 8.51. The lowest BCUT2D eigenvalue weighted by molar-refractivity contribution is -0.270. The molecule has 0 bridgehead atoms. The van der Waals surface area contributed by atoms with Gasteiger partial charge < -0.3 is 0 Å². The summed E-state index contributed by atoms with van der Waals surface area (Å²) in [4.78, 5) is 0. The van der Waals surface area contributed by atoms with Crippen molar-refractivity contribution in [2.24, 2.45) is 0 Å². The summed E-state index contributed by atoms with van der Waals surface area (Å²) in [6.07, 6.45) is -5.94. The first-order valence-electron chi connectivity index (χ1n) is 5.84. The molecule has 0 spiro atoms. The van der Waals surface area contributed by atoms with Crippen molar-refractivity contribution in [1.82, 2.24) is 0 Å². The maximum absolute atomic E-state index is 13.6. The van der Waals surface area contributed by atoms with Crippen LogP contribution in [0, 0.1) is 0 Å². The molecule has 0 radical (unpaired) electrons. The van der Waals surface area contributed by atoms with Crippen molar-refractivity contribution < 1.29 is 26.3 Å². The highest BCUT2D eigenvalue weighted by molar-refractivity contribution is 8.21. The van der Waals surface area contributed by atoms with E-state index in [2.05, 4.69) is 0 Å². The fraction of sp³-hybridized carbons (Fsp3) is 0.385. The van der Waals surface area contributed by atoms with E-state index in [9.17, 15) is 26.3 Å². The molecule has 0 aliphatic rings. The van der Waals surface area contributed by atoms with Crippen LogP contribution in [0.15, 0.2) is 40.4 Å². The quantitative estimate of drug-likeness (QED) is 0.579. The zero-order valence-electron chi connectivity index (χ0n) is 10.9. The average molecular weight is 346 g/mol. The molecule has 1 rings (SSSR count). The van der Waals surface area contributed by atoms with Crippen molar-refractivity contribution in [2.45, 2.75) is 24.8 Å². The van der Waals surface area contributed by atoms with E-state index in [1.807, 2.05) is 0 Å². The van der Waals surface area contributed by atoms with Crippen LogP contribution in [-0.4, -0.2) is 17.9 Å². The Labute approximate surface area is 127 Å². The molecule has 0 unspecified atom stereocenters. The molecule has 21 heavy (non-hydrogen) atoms. The highest BCUT2D eigenvalue weighted by Crippen LogP contribution is 2.47. The van der Waals surface area contributed by atoms with E-state index in [0.717, 1.165) is 0 Å². The van der Waals surface area contributed by atoms with Gasteiger partial charge in [-0.05, 0) is 11.3 Å². The van der Waals surface area contributed by atoms with Gasteiger partial charge in [-0.3, -0.25) is 0 Å². The highest BCUT2D eigenvalue weighted by atomic mass is 32.2. The maximum Gasteiger partial charge on any atom is 0.460 e. The van der Waals surface area contributed by atoms with Crippen LogP contribution in [0.25, 0.3) is 0 Å². The maximum atomic E-state index is 13.6. The fourth-order valence-electron chi connectivity index (χ4n) is 1.28. The van der Waals surface area contributed by atoms with Gasteiger partial charge in [-0.15, -0.1) is 23.5 Å². The second-order valence-electron chi connectivity index (χ2n) is 3.88. The lowest BCUT2D eigenvalue weighted by atomic mass is 10.2. The van der Waals surface area contributed by atoms with Gasteiger partial charge in [0.15, 0.2) is 5.83 Å². The molecule has 0 heterocycles. The fourth-order valence-corrected chi connectivity index (χ4v) is 3.40. The van der Waals surface area contributed by atoms with E-state index in [1.54, 1.807) is 37.3 Å². The third-order valence-corrected chi connectivity index (χ3v) is 4.66. The number of rotatable bonds is 6. The van der Waals surface area contributed by atoms with Crippen LogP contribution in [0.4, 0.5) is 26.3 Å². The van der Waals surface area contributed by atoms with Gasteiger partial charge in [0, 0.05) is 5.75 Å². The minimum atomic E-state index is -5.94. The normalized spacial score (nSPS) is 14.0. The first-order chi connectivity index (χ1) is 9.70. The Hall–Kier alpha value is -0.760. The molecular formula is C13H12F6S2. The van der Waals surface area contributed by atoms with Crippen LogP contribution < -0.4 is 0 Å². The Bertz CT molecular complexity index is 481. The Morgan fingerprint density at radius 3 is 2.05 bits per heavy atom. The molecule has 0 aromatic heterocycles. The van der Waals surface area contributed by atoms with Gasteiger partial charge in [-0.2, -0.15) is 22.0 Å². The SMILES string of the molecule is CCS/C(SCc1ccccc1)=C(\F)C(F)(F)C(F)(F)F. The number of benzene rings is 1. The third-order valence-electron chi connectivity index (χ3n) is 2.30. The van der Waals surface area contributed by atoms with Gasteiger partial charge in [0.25, 0.3) is 0 Å². The number of hydrogen-bond donors (Lipinski definition) is 0. The van der Waals surface area contributed by atoms with Crippen LogP contribution in [0.5, 0.6) is 0 Å². The van der Waals surface area contributed by atoms with Crippen molar-refractivity contribution >= 4 is 23.5 Å². The van der Waals surface area contributed by atoms with Crippen LogP contribution in [0.3, 0.4) is 0 Å². The first kappa shape index (κ1) is 18.3. The molecule has 0 nitrogen and oxygen atoms in total. The zero-order valence-corrected chi connectivity index (χ0v) is 12.5. The average Bonchev–Trinajstić information content (AvgIpc) is 2.42. The molecule has 1 aromatic carbocycles. The van der Waals surface area contributed by atoms with E-state index in [4.69, 9.17) is 0 Å². The molecule has 0 amide bonds. The molecular weight excluding hydrogens is 334 g/mol. The summed E-state index contributed by atoms with van der Waals surface area (Å²) >= 11 is 1.27. The Morgan fingerprint density at radius 2 is 1.57 bits per heavy atom. The number of hydrogen-bond acceptors (Lipinski definition) is 2. The van der Waals surface area contributed by atoms with Gasteiger partial charge in [0.1, 0.15) is 0 Å². The van der Waals surface area contributed by atoms with Crippen molar-refractivity contribution in [2.75, 3.05) is 5.75 Å². The van der Waals surface area contributed by atoms with Crippen LogP contribution >= 0.6 is 23.5 Å². The lowest BCUT2D eigenvalue weighted by Gasteiger charge is -2.20. The predicted octanol–water partition coefficient (Wildman–Crippen LogP) is 6.01. The largest absolute Gasteiger partial charge is 0.460 e. The summed E-state index contributed by atoms with van der Waals surface area (Å²) in [6.45, 7) is 1.55. The predicted molar refractivity (Wildman–Crippen MR) is 75.0 cm³/mol. The molecule has 118 valence electrons. The first-order valence-corrected chi connectivity index (χ1v) is 7.81. The van der Waals surface area contributed by atoms with E-state index in [1.165, 1.54) is 0 Å². The number of allylic oxidation sites excluding steroid dienone is 1. The molecule has 0 saturated heterocycles. The molecule has 0 aliphatic heterocycles. The highest BCUT2D eigenvalue weighted by Gasteiger charge is 2.62. The summed E-state index contributed by atoms with van der Waals surface area (Å²) in [7, 11) is 0. The molecule has 0 fully saturated rings. The van der Waals surface area contributed by atoms with Gasteiger partial charge in [-0.1, -0.05) is 37.3 Å². The minimum absolute atomic E-state index is 0.116. The summed E-state index contributed by atoms with van der Waals surface area (Å²) in [5.74, 6) is -7.58. The van der Waals surface area contributed by atoms with Crippen molar-refractivity contribution in [3.05, 3.63) is 46.0 Å². The van der Waals surface area contributed by atoms with Crippen LogP contribution in [-0.2, 0) is 5.75 Å². The minimum Gasteiger partial charge on any atom is -0.203 e. The summed E-state index contributed by atoms with van der Waals surface area (Å²) in [5.41, 5.74) is 0.708. The van der Waals surface area contributed by atoms with Gasteiger partial charge in [0.2, 0.25) is 0 Å². The van der Waals surface area contributed by atoms with Crippen molar-refractivity contribution in [3.63, 3.8) is 0 Å². The smallest absolute Gasteiger partial charge is 0.203 e. The molecule has 1 aromatic rings. The molecule has 0 aliphatic carbocycles. The number of thioether (sulfide) groups is 2. The van der Waals surface area contributed by atoms with Gasteiger partial charge in [-0.25, -0.2) is 4.39 Å². The number of halogens is 6. The molecule has 0 N–H and O–H groups in total. The van der Waals surface area contributed by atoms with E-state index < -0.39 is 22.2 Å². The van der Waals surface area contributed by atoms with E-state index >= 15 is 0 Å². The third kappa shape index (κ3) is 4.88. The van der Waals surface area contributed by atoms with Crippen molar-refractivity contribution in [1.29, 1.82) is 0 Å². The van der Waals surface area contributed by atoms with E-state index in [0.29, 0.717) is 29.1 Å². The second-order valence-corrected chi connectivity index (χ2v) is 6.40. The number of alkyl halides is 5. The van der Waals surface area contributed by atoms with Crippen LogP contribution in [0.1, 0.15) is 12.5 Å². The molecule has 8 heteroatoms. The van der Waals surface area contributed by atoms with Crippen LogP contribution in [0.2, 0.25) is 0 Å². The Kier molecular flexibility index (Phi) is 6.52. The van der Waals surface area contributed by atoms with Gasteiger partial charge >= 0.3 is 12.1 Å². The Morgan fingerprint density at radius 1 is 1.00 bits per heavy atom. The molecule has 0 atom stereocenters. The summed E-state index contributed by atoms with van der Waals surface area (Å²) < 4.78 is 75.7. The second kappa shape index (κ2) is 7.49. The zero-order chi connectivity index (χ0) is 16.1. The topological polar surface area (TPSA) is 0 Å². The van der Waals surface area contributed by atoms with Gasteiger partial charge in [0.05, 0.1) is 4.24 Å². The summed E-state index contributed by atoms with van der Waals surface area (Å²) in [5, 5.41) is 0. The van der Waals surface area contributed by atoms with Crippen molar-refractivity contribution in [3.8, 4) is 0 Å². The Balaban J connectivity index is 2.96. The monoisotopic (exact) mass is 346 g/mol. The van der Waals surface area contributed by atoms with E-state index in [-0.39, 0.29) is 11.5 Å². The lowest BCUT2D eigenvalue weighted by Crippen LogP contribution is -2.37. The standard InChI is InChI=1S/C13H12F6S2/c1-2-20-11(10(14)12(15,16)13(17,18)19)21-8-9-6-4-3-5-7-9/h3-7H,2,8H2,1H3/b11-10+. The molecule has 0 saturated carbocycles.